The van der Waals surface area contributed by atoms with Crippen LogP contribution in [0.15, 0.2) is 59.9 Å². The predicted molar refractivity (Wildman–Crippen MR) is 99.0 cm³/mol. The monoisotopic (exact) mass is 351 g/mol. The number of phenolic OH excluding ortho intramolecular Hbond substituents is 1. The van der Waals surface area contributed by atoms with Crippen molar-refractivity contribution in [3.8, 4) is 5.75 Å². The molecule has 0 aliphatic carbocycles. The van der Waals surface area contributed by atoms with Gasteiger partial charge in [-0.25, -0.2) is 0 Å². The molecule has 2 aromatic rings. The average Bonchev–Trinajstić information content (AvgIpc) is 2.87. The van der Waals surface area contributed by atoms with Gasteiger partial charge in [-0.15, -0.1) is 0 Å². The fraction of sp³-hybridized carbons (Fsp3) is 0.238. The van der Waals surface area contributed by atoms with Crippen LogP contribution in [-0.2, 0) is 9.59 Å². The maximum atomic E-state index is 12.8. The SMILES string of the molecule is Cc1ccc(N2C(=O)C(O)=C(C(=O)C(C)C)C2c2ccc(O)cc2)cc1. The highest BCUT2D eigenvalue weighted by Gasteiger charge is 2.44. The van der Waals surface area contributed by atoms with Crippen LogP contribution in [0.25, 0.3) is 0 Å². The first-order valence-corrected chi connectivity index (χ1v) is 8.47. The topological polar surface area (TPSA) is 77.8 Å². The van der Waals surface area contributed by atoms with E-state index in [1.807, 2.05) is 19.1 Å². The molecule has 0 aromatic heterocycles. The van der Waals surface area contributed by atoms with E-state index < -0.39 is 17.7 Å². The number of anilines is 1. The first-order valence-electron chi connectivity index (χ1n) is 8.47. The lowest BCUT2D eigenvalue weighted by molar-refractivity contribution is -0.119. The number of hydrogen-bond donors (Lipinski definition) is 2. The van der Waals surface area contributed by atoms with Crippen molar-refractivity contribution in [3.05, 3.63) is 71.0 Å². The Morgan fingerprint density at radius 2 is 1.58 bits per heavy atom. The van der Waals surface area contributed by atoms with Crippen LogP contribution in [0.1, 0.15) is 31.0 Å². The van der Waals surface area contributed by atoms with Crippen molar-refractivity contribution in [2.24, 2.45) is 5.92 Å². The molecule has 0 fully saturated rings. The van der Waals surface area contributed by atoms with Crippen molar-refractivity contribution in [1.82, 2.24) is 0 Å². The summed E-state index contributed by atoms with van der Waals surface area (Å²) in [6, 6.07) is 12.9. The van der Waals surface area contributed by atoms with Gasteiger partial charge >= 0.3 is 0 Å². The molecule has 2 aromatic carbocycles. The fourth-order valence-corrected chi connectivity index (χ4v) is 3.11. The first kappa shape index (κ1) is 17.7. The standard InChI is InChI=1S/C21H21NO4/c1-12(2)19(24)17-18(14-6-10-16(23)11-7-14)22(21(26)20(17)25)15-8-4-13(3)5-9-15/h4-12,18,23,25H,1-3H3. The molecule has 0 bridgehead atoms. The molecule has 1 unspecified atom stereocenters. The Morgan fingerprint density at radius 1 is 1.00 bits per heavy atom. The predicted octanol–water partition coefficient (Wildman–Crippen LogP) is 3.83. The average molecular weight is 351 g/mol. The number of benzene rings is 2. The largest absolute Gasteiger partial charge is 0.508 e. The molecule has 2 N–H and O–H groups in total. The second kappa shape index (κ2) is 6.67. The number of aliphatic hydroxyl groups excluding tert-OH is 1. The van der Waals surface area contributed by atoms with Crippen LogP contribution in [0.3, 0.4) is 0 Å². The molecule has 5 heteroatoms. The van der Waals surface area contributed by atoms with Crippen LogP contribution in [-0.4, -0.2) is 21.9 Å². The highest BCUT2D eigenvalue weighted by Crippen LogP contribution is 2.42. The van der Waals surface area contributed by atoms with Crippen LogP contribution in [0, 0.1) is 12.8 Å². The molecular weight excluding hydrogens is 330 g/mol. The smallest absolute Gasteiger partial charge is 0.294 e. The molecule has 1 amide bonds. The molecule has 0 radical (unpaired) electrons. The summed E-state index contributed by atoms with van der Waals surface area (Å²) in [6.45, 7) is 5.40. The normalized spacial score (nSPS) is 17.3. The van der Waals surface area contributed by atoms with E-state index in [2.05, 4.69) is 0 Å². The molecule has 0 saturated carbocycles. The summed E-state index contributed by atoms with van der Waals surface area (Å²) in [5, 5.41) is 20.0. The maximum absolute atomic E-state index is 12.8. The van der Waals surface area contributed by atoms with Crippen molar-refractivity contribution < 1.29 is 19.8 Å². The van der Waals surface area contributed by atoms with Crippen molar-refractivity contribution in [2.75, 3.05) is 4.90 Å². The molecule has 134 valence electrons. The number of ketones is 1. The Morgan fingerprint density at radius 3 is 2.12 bits per heavy atom. The summed E-state index contributed by atoms with van der Waals surface area (Å²) >= 11 is 0. The van der Waals surface area contributed by atoms with E-state index in [0.717, 1.165) is 5.56 Å². The Labute approximate surface area is 152 Å². The van der Waals surface area contributed by atoms with Crippen molar-refractivity contribution >= 4 is 17.4 Å². The summed E-state index contributed by atoms with van der Waals surface area (Å²) in [5.41, 5.74) is 2.37. The van der Waals surface area contributed by atoms with Crippen LogP contribution in [0.5, 0.6) is 5.75 Å². The molecule has 1 aliphatic rings. The molecule has 3 rings (SSSR count). The zero-order chi connectivity index (χ0) is 19.0. The number of rotatable bonds is 4. The summed E-state index contributed by atoms with van der Waals surface area (Å²) < 4.78 is 0. The second-order valence-corrected chi connectivity index (χ2v) is 6.79. The Hall–Kier alpha value is -3.08. The van der Waals surface area contributed by atoms with Gasteiger partial charge in [0.1, 0.15) is 5.75 Å². The molecule has 5 nitrogen and oxygen atoms in total. The van der Waals surface area contributed by atoms with E-state index in [0.29, 0.717) is 11.3 Å². The number of nitrogens with zero attached hydrogens (tertiary/aromatic N) is 1. The maximum Gasteiger partial charge on any atom is 0.294 e. The zero-order valence-corrected chi connectivity index (χ0v) is 14.9. The number of aliphatic hydroxyl groups is 1. The molecule has 1 heterocycles. The van der Waals surface area contributed by atoms with E-state index in [4.69, 9.17) is 0 Å². The van der Waals surface area contributed by atoms with Gasteiger partial charge in [0.25, 0.3) is 5.91 Å². The van der Waals surface area contributed by atoms with Gasteiger partial charge < -0.3 is 10.2 Å². The minimum atomic E-state index is -0.735. The quantitative estimate of drug-likeness (QED) is 0.878. The fourth-order valence-electron chi connectivity index (χ4n) is 3.11. The van der Waals surface area contributed by atoms with E-state index in [9.17, 15) is 19.8 Å². The van der Waals surface area contributed by atoms with Crippen LogP contribution < -0.4 is 4.90 Å². The second-order valence-electron chi connectivity index (χ2n) is 6.79. The molecule has 0 spiro atoms. The lowest BCUT2D eigenvalue weighted by Gasteiger charge is -2.27. The minimum Gasteiger partial charge on any atom is -0.508 e. The highest BCUT2D eigenvalue weighted by atomic mass is 16.3. The molecule has 1 atom stereocenters. The molecule has 26 heavy (non-hydrogen) atoms. The zero-order valence-electron chi connectivity index (χ0n) is 14.9. The minimum absolute atomic E-state index is 0.0879. The number of amides is 1. The van der Waals surface area contributed by atoms with Gasteiger partial charge in [0.05, 0.1) is 11.6 Å². The third-order valence-corrected chi connectivity index (χ3v) is 4.52. The van der Waals surface area contributed by atoms with Crippen LogP contribution in [0.2, 0.25) is 0 Å². The number of carbonyl (C=O) groups excluding carboxylic acids is 2. The van der Waals surface area contributed by atoms with E-state index >= 15 is 0 Å². The van der Waals surface area contributed by atoms with E-state index in [1.165, 1.54) is 17.0 Å². The molecule has 1 aliphatic heterocycles. The number of phenols is 1. The summed E-state index contributed by atoms with van der Waals surface area (Å²) in [7, 11) is 0. The Balaban J connectivity index is 2.17. The van der Waals surface area contributed by atoms with Gasteiger partial charge in [-0.1, -0.05) is 43.7 Å². The number of hydrogen-bond acceptors (Lipinski definition) is 4. The van der Waals surface area contributed by atoms with E-state index in [1.54, 1.807) is 38.1 Å². The Bertz CT molecular complexity index is 879. The van der Waals surface area contributed by atoms with Gasteiger partial charge in [-0.05, 0) is 36.8 Å². The lowest BCUT2D eigenvalue weighted by Crippen LogP contribution is -2.31. The summed E-state index contributed by atoms with van der Waals surface area (Å²) in [5.74, 6) is -1.66. The third-order valence-electron chi connectivity index (χ3n) is 4.52. The van der Waals surface area contributed by atoms with Gasteiger partial charge in [0.15, 0.2) is 11.5 Å². The summed E-state index contributed by atoms with van der Waals surface area (Å²) in [4.78, 5) is 27.0. The van der Waals surface area contributed by atoms with Gasteiger partial charge in [0.2, 0.25) is 0 Å². The van der Waals surface area contributed by atoms with Crippen molar-refractivity contribution in [2.45, 2.75) is 26.8 Å². The number of aromatic hydroxyl groups is 1. The highest BCUT2D eigenvalue weighted by molar-refractivity contribution is 6.16. The number of carbonyl (C=O) groups is 2. The van der Waals surface area contributed by atoms with Gasteiger partial charge in [0, 0.05) is 11.6 Å². The van der Waals surface area contributed by atoms with Crippen LogP contribution in [0.4, 0.5) is 5.69 Å². The van der Waals surface area contributed by atoms with Gasteiger partial charge in [-0.3, -0.25) is 14.5 Å². The Kier molecular flexibility index (Phi) is 4.55. The first-order chi connectivity index (χ1) is 12.3. The molecule has 0 saturated heterocycles. The number of Topliss-reactive ketones (excluding diaryl/α,β-unsaturated/α-hetero) is 1. The lowest BCUT2D eigenvalue weighted by atomic mass is 9.91. The van der Waals surface area contributed by atoms with Crippen molar-refractivity contribution in [1.29, 1.82) is 0 Å². The van der Waals surface area contributed by atoms with Crippen LogP contribution >= 0.6 is 0 Å². The van der Waals surface area contributed by atoms with Crippen molar-refractivity contribution in [3.63, 3.8) is 0 Å². The summed E-state index contributed by atoms with van der Waals surface area (Å²) in [6.07, 6.45) is 0. The number of aryl methyl sites for hydroxylation is 1. The third kappa shape index (κ3) is 2.96. The molecular formula is C21H21NO4. The van der Waals surface area contributed by atoms with Gasteiger partial charge in [-0.2, -0.15) is 0 Å². The van der Waals surface area contributed by atoms with E-state index in [-0.39, 0.29) is 23.0 Å².